The van der Waals surface area contributed by atoms with Crippen LogP contribution in [0.5, 0.6) is 5.75 Å². The fourth-order valence-corrected chi connectivity index (χ4v) is 4.00. The number of aromatic nitrogens is 5. The van der Waals surface area contributed by atoms with Crippen molar-refractivity contribution in [2.75, 3.05) is 42.6 Å². The molecule has 3 aromatic heterocycles. The summed E-state index contributed by atoms with van der Waals surface area (Å²) in [5.74, 6) is 3.50. The molecule has 162 valence electrons. The second-order valence-electron chi connectivity index (χ2n) is 7.70. The molecule has 0 saturated carbocycles. The summed E-state index contributed by atoms with van der Waals surface area (Å²) in [7, 11) is 0. The molecule has 0 unspecified atom stereocenters. The number of aryl methyl sites for hydroxylation is 1. The molecule has 1 aliphatic rings. The first kappa shape index (κ1) is 20.1. The number of nitrogens with zero attached hydrogens (tertiary/aromatic N) is 7. The molecule has 4 aromatic rings. The Kier molecular flexibility index (Phi) is 5.49. The average molecular weight is 428 g/mol. The molecule has 1 saturated heterocycles. The largest absolute Gasteiger partial charge is 0.494 e. The standard InChI is InChI=1S/C24H25N7O/c1-3-32-19-6-4-18(5-7-19)21-8-9-23(29-28-21)30-12-14-31(15-13-30)24-20-10-11-25-16-22(20)26-17(2)27-24/h4-11,16H,3,12-15H2,1-2H3. The van der Waals surface area contributed by atoms with Crippen LogP contribution in [0, 0.1) is 6.92 Å². The van der Waals surface area contributed by atoms with Gasteiger partial charge < -0.3 is 14.5 Å². The lowest BCUT2D eigenvalue weighted by Crippen LogP contribution is -2.47. The summed E-state index contributed by atoms with van der Waals surface area (Å²) in [4.78, 5) is 18.0. The SMILES string of the molecule is CCOc1ccc(-c2ccc(N3CCN(c4nc(C)nc5cnccc45)CC3)nn2)cc1. The van der Waals surface area contributed by atoms with E-state index in [1.165, 1.54) is 0 Å². The molecule has 8 nitrogen and oxygen atoms in total. The summed E-state index contributed by atoms with van der Waals surface area (Å²) >= 11 is 0. The van der Waals surface area contributed by atoms with Crippen molar-refractivity contribution in [1.29, 1.82) is 0 Å². The topological polar surface area (TPSA) is 80.2 Å². The van der Waals surface area contributed by atoms with Crippen molar-refractivity contribution in [2.24, 2.45) is 0 Å². The van der Waals surface area contributed by atoms with Gasteiger partial charge in [-0.1, -0.05) is 0 Å². The lowest BCUT2D eigenvalue weighted by Gasteiger charge is -2.36. The van der Waals surface area contributed by atoms with E-state index in [2.05, 4.69) is 30.0 Å². The zero-order valence-corrected chi connectivity index (χ0v) is 18.3. The van der Waals surface area contributed by atoms with Crippen molar-refractivity contribution >= 4 is 22.5 Å². The highest BCUT2D eigenvalue weighted by molar-refractivity contribution is 5.89. The number of benzene rings is 1. The van der Waals surface area contributed by atoms with E-state index in [1.807, 2.05) is 56.3 Å². The summed E-state index contributed by atoms with van der Waals surface area (Å²) < 4.78 is 5.51. The highest BCUT2D eigenvalue weighted by Gasteiger charge is 2.21. The number of piperazine rings is 1. The smallest absolute Gasteiger partial charge is 0.151 e. The second kappa shape index (κ2) is 8.74. The van der Waals surface area contributed by atoms with E-state index in [-0.39, 0.29) is 0 Å². The third-order valence-electron chi connectivity index (χ3n) is 5.61. The van der Waals surface area contributed by atoms with E-state index >= 15 is 0 Å². The zero-order valence-electron chi connectivity index (χ0n) is 18.3. The maximum atomic E-state index is 5.51. The average Bonchev–Trinajstić information content (AvgIpc) is 2.84. The summed E-state index contributed by atoms with van der Waals surface area (Å²) in [6, 6.07) is 14.0. The van der Waals surface area contributed by atoms with Gasteiger partial charge in [0.2, 0.25) is 0 Å². The molecule has 0 N–H and O–H groups in total. The third kappa shape index (κ3) is 4.03. The molecular formula is C24H25N7O. The van der Waals surface area contributed by atoms with Crippen LogP contribution < -0.4 is 14.5 Å². The lowest BCUT2D eigenvalue weighted by molar-refractivity contribution is 0.340. The van der Waals surface area contributed by atoms with Crippen molar-refractivity contribution in [3.8, 4) is 17.0 Å². The van der Waals surface area contributed by atoms with Gasteiger partial charge in [-0.15, -0.1) is 10.2 Å². The first-order valence-corrected chi connectivity index (χ1v) is 10.9. The molecule has 1 aromatic carbocycles. The number of pyridine rings is 1. The Labute approximate surface area is 186 Å². The molecule has 0 amide bonds. The molecule has 0 spiro atoms. The number of hydrogen-bond donors (Lipinski definition) is 0. The number of rotatable bonds is 5. The quantitative estimate of drug-likeness (QED) is 0.479. The van der Waals surface area contributed by atoms with Gasteiger partial charge in [-0.2, -0.15) is 0 Å². The van der Waals surface area contributed by atoms with Crippen LogP contribution in [0.15, 0.2) is 54.9 Å². The Bertz CT molecular complexity index is 1200. The maximum absolute atomic E-state index is 5.51. The molecular weight excluding hydrogens is 402 g/mol. The van der Waals surface area contributed by atoms with Crippen LogP contribution in [0.2, 0.25) is 0 Å². The number of hydrogen-bond acceptors (Lipinski definition) is 8. The number of anilines is 2. The van der Waals surface area contributed by atoms with E-state index in [4.69, 9.17) is 9.72 Å². The van der Waals surface area contributed by atoms with Crippen molar-refractivity contribution < 1.29 is 4.74 Å². The fraction of sp³-hybridized carbons (Fsp3) is 0.292. The molecule has 0 aliphatic carbocycles. The van der Waals surface area contributed by atoms with Gasteiger partial charge >= 0.3 is 0 Å². The van der Waals surface area contributed by atoms with Gasteiger partial charge in [0.15, 0.2) is 5.82 Å². The molecule has 1 fully saturated rings. The van der Waals surface area contributed by atoms with Crippen molar-refractivity contribution in [2.45, 2.75) is 13.8 Å². The van der Waals surface area contributed by atoms with Crippen LogP contribution in [0.25, 0.3) is 22.2 Å². The van der Waals surface area contributed by atoms with Crippen LogP contribution in [-0.4, -0.2) is 57.9 Å². The van der Waals surface area contributed by atoms with Gasteiger partial charge in [0, 0.05) is 43.3 Å². The van der Waals surface area contributed by atoms with Crippen LogP contribution in [0.4, 0.5) is 11.6 Å². The van der Waals surface area contributed by atoms with Crippen molar-refractivity contribution in [1.82, 2.24) is 25.1 Å². The summed E-state index contributed by atoms with van der Waals surface area (Å²) in [5.41, 5.74) is 2.76. The van der Waals surface area contributed by atoms with E-state index in [1.54, 1.807) is 12.4 Å². The Morgan fingerprint density at radius 3 is 2.38 bits per heavy atom. The van der Waals surface area contributed by atoms with Crippen LogP contribution in [0.3, 0.4) is 0 Å². The summed E-state index contributed by atoms with van der Waals surface area (Å²) in [6.45, 7) is 7.98. The predicted molar refractivity (Wildman–Crippen MR) is 125 cm³/mol. The Balaban J connectivity index is 1.28. The molecule has 5 rings (SSSR count). The van der Waals surface area contributed by atoms with E-state index < -0.39 is 0 Å². The Morgan fingerprint density at radius 2 is 1.66 bits per heavy atom. The zero-order chi connectivity index (χ0) is 21.9. The molecule has 1 aliphatic heterocycles. The highest BCUT2D eigenvalue weighted by Crippen LogP contribution is 2.26. The van der Waals surface area contributed by atoms with E-state index in [0.29, 0.717) is 6.61 Å². The number of ether oxygens (including phenoxy) is 1. The van der Waals surface area contributed by atoms with E-state index in [9.17, 15) is 0 Å². The molecule has 4 heterocycles. The Morgan fingerprint density at radius 1 is 0.875 bits per heavy atom. The van der Waals surface area contributed by atoms with Crippen molar-refractivity contribution in [3.63, 3.8) is 0 Å². The minimum absolute atomic E-state index is 0.658. The minimum Gasteiger partial charge on any atom is -0.494 e. The molecule has 8 heteroatoms. The fourth-order valence-electron chi connectivity index (χ4n) is 4.00. The first-order chi connectivity index (χ1) is 15.7. The monoisotopic (exact) mass is 427 g/mol. The molecule has 32 heavy (non-hydrogen) atoms. The first-order valence-electron chi connectivity index (χ1n) is 10.9. The number of fused-ring (bicyclic) bond motifs is 1. The van der Waals surface area contributed by atoms with Gasteiger partial charge in [-0.3, -0.25) is 4.98 Å². The normalized spacial score (nSPS) is 14.1. The molecule has 0 atom stereocenters. The maximum Gasteiger partial charge on any atom is 0.151 e. The minimum atomic E-state index is 0.658. The van der Waals surface area contributed by atoms with Gasteiger partial charge in [-0.25, -0.2) is 9.97 Å². The predicted octanol–water partition coefficient (Wildman–Crippen LogP) is 3.52. The van der Waals surface area contributed by atoms with Gasteiger partial charge in [0.05, 0.1) is 24.0 Å². The third-order valence-corrected chi connectivity index (χ3v) is 5.61. The van der Waals surface area contributed by atoms with Crippen LogP contribution >= 0.6 is 0 Å². The van der Waals surface area contributed by atoms with Crippen LogP contribution in [0.1, 0.15) is 12.7 Å². The van der Waals surface area contributed by atoms with Crippen molar-refractivity contribution in [3.05, 3.63) is 60.7 Å². The summed E-state index contributed by atoms with van der Waals surface area (Å²) in [5, 5.41) is 9.99. The highest BCUT2D eigenvalue weighted by atomic mass is 16.5. The van der Waals surface area contributed by atoms with Gasteiger partial charge in [0.25, 0.3) is 0 Å². The summed E-state index contributed by atoms with van der Waals surface area (Å²) in [6.07, 6.45) is 3.59. The van der Waals surface area contributed by atoms with Gasteiger partial charge in [-0.05, 0) is 56.3 Å². The van der Waals surface area contributed by atoms with Crippen LogP contribution in [-0.2, 0) is 0 Å². The molecule has 0 radical (unpaired) electrons. The second-order valence-corrected chi connectivity index (χ2v) is 7.70. The van der Waals surface area contributed by atoms with Gasteiger partial charge in [0.1, 0.15) is 17.4 Å². The van der Waals surface area contributed by atoms with E-state index in [0.717, 1.165) is 71.5 Å². The molecule has 0 bridgehead atoms. The lowest BCUT2D eigenvalue weighted by atomic mass is 10.1. The Hall–Kier alpha value is -3.81.